The van der Waals surface area contributed by atoms with E-state index in [0.717, 1.165) is 29.3 Å². The minimum absolute atomic E-state index is 0.189. The Balaban J connectivity index is 1.90. The SMILES string of the molecule is COC(=O)[C@H](C)Sc1nc2c([nH]c3ccccc32)c(=O)n1-c1ccc(OC(F)(F)F)cc1. The second kappa shape index (κ2) is 8.23. The fourth-order valence-electron chi connectivity index (χ4n) is 3.22. The summed E-state index contributed by atoms with van der Waals surface area (Å²) in [7, 11) is 1.25. The van der Waals surface area contributed by atoms with Gasteiger partial charge in [-0.25, -0.2) is 4.98 Å². The highest BCUT2D eigenvalue weighted by Crippen LogP contribution is 2.30. The van der Waals surface area contributed by atoms with Gasteiger partial charge in [-0.2, -0.15) is 0 Å². The fraction of sp³-hybridized carbons (Fsp3) is 0.190. The number of carbonyl (C=O) groups excluding carboxylic acids is 1. The molecular weight excluding hydrogens is 447 g/mol. The Morgan fingerprint density at radius 1 is 1.16 bits per heavy atom. The van der Waals surface area contributed by atoms with Gasteiger partial charge in [0.05, 0.1) is 12.8 Å². The molecule has 0 fully saturated rings. The van der Waals surface area contributed by atoms with Crippen molar-refractivity contribution in [2.45, 2.75) is 23.7 Å². The highest BCUT2D eigenvalue weighted by atomic mass is 32.2. The number of thioether (sulfide) groups is 1. The van der Waals surface area contributed by atoms with Gasteiger partial charge in [0.1, 0.15) is 22.0 Å². The molecule has 2 aromatic carbocycles. The average molecular weight is 463 g/mol. The first-order chi connectivity index (χ1) is 15.2. The summed E-state index contributed by atoms with van der Waals surface area (Å²) in [5.41, 5.74) is 1.17. The summed E-state index contributed by atoms with van der Waals surface area (Å²) in [5.74, 6) is -0.935. The first-order valence-electron chi connectivity index (χ1n) is 9.32. The monoisotopic (exact) mass is 463 g/mol. The Morgan fingerprint density at radius 3 is 2.50 bits per heavy atom. The summed E-state index contributed by atoms with van der Waals surface area (Å²) in [4.78, 5) is 33.0. The number of rotatable bonds is 5. The van der Waals surface area contributed by atoms with Gasteiger partial charge in [0.15, 0.2) is 5.16 Å². The van der Waals surface area contributed by atoms with E-state index >= 15 is 0 Å². The van der Waals surface area contributed by atoms with Crippen LogP contribution in [0.3, 0.4) is 0 Å². The highest BCUT2D eigenvalue weighted by Gasteiger charge is 2.31. The van der Waals surface area contributed by atoms with Crippen LogP contribution >= 0.6 is 11.8 Å². The zero-order chi connectivity index (χ0) is 23.0. The Bertz CT molecular complexity index is 1360. The summed E-state index contributed by atoms with van der Waals surface area (Å²) in [5, 5.41) is 0.233. The number of aromatic nitrogens is 3. The predicted molar refractivity (Wildman–Crippen MR) is 113 cm³/mol. The molecule has 0 aliphatic heterocycles. The van der Waals surface area contributed by atoms with Crippen molar-refractivity contribution in [2.24, 2.45) is 0 Å². The average Bonchev–Trinajstić information content (AvgIpc) is 3.12. The number of methoxy groups -OCH3 is 1. The zero-order valence-corrected chi connectivity index (χ0v) is 17.6. The predicted octanol–water partition coefficient (Wildman–Crippen LogP) is 4.42. The number of H-pyrrole nitrogens is 1. The van der Waals surface area contributed by atoms with Crippen molar-refractivity contribution in [3.8, 4) is 11.4 Å². The molecule has 2 heterocycles. The van der Waals surface area contributed by atoms with E-state index in [9.17, 15) is 22.8 Å². The molecule has 1 N–H and O–H groups in total. The third kappa shape index (κ3) is 4.15. The van der Waals surface area contributed by atoms with Crippen molar-refractivity contribution in [3.05, 3.63) is 58.9 Å². The van der Waals surface area contributed by atoms with Crippen LogP contribution in [0.15, 0.2) is 58.5 Å². The van der Waals surface area contributed by atoms with Crippen LogP contribution in [-0.2, 0) is 9.53 Å². The minimum atomic E-state index is -4.83. The van der Waals surface area contributed by atoms with Crippen molar-refractivity contribution < 1.29 is 27.4 Å². The molecule has 0 unspecified atom stereocenters. The number of ether oxygens (including phenoxy) is 2. The number of hydrogen-bond donors (Lipinski definition) is 1. The van der Waals surface area contributed by atoms with Crippen molar-refractivity contribution in [3.63, 3.8) is 0 Å². The number of para-hydroxylation sites is 1. The van der Waals surface area contributed by atoms with Crippen LogP contribution in [0.5, 0.6) is 5.75 Å². The van der Waals surface area contributed by atoms with E-state index in [-0.39, 0.29) is 16.4 Å². The molecule has 11 heteroatoms. The molecule has 4 rings (SSSR count). The summed E-state index contributed by atoms with van der Waals surface area (Å²) >= 11 is 1.01. The molecule has 166 valence electrons. The van der Waals surface area contributed by atoms with Crippen LogP contribution in [0.4, 0.5) is 13.2 Å². The smallest absolute Gasteiger partial charge is 0.468 e. The molecule has 7 nitrogen and oxygen atoms in total. The topological polar surface area (TPSA) is 86.2 Å². The first kappa shape index (κ1) is 21.8. The largest absolute Gasteiger partial charge is 0.573 e. The molecule has 0 spiro atoms. The molecule has 4 aromatic rings. The lowest BCUT2D eigenvalue weighted by molar-refractivity contribution is -0.274. The van der Waals surface area contributed by atoms with E-state index in [1.165, 1.54) is 23.8 Å². The maximum Gasteiger partial charge on any atom is 0.573 e. The molecule has 0 radical (unpaired) electrons. The number of nitrogens with zero attached hydrogens (tertiary/aromatic N) is 2. The lowest BCUT2D eigenvalue weighted by atomic mass is 10.2. The van der Waals surface area contributed by atoms with E-state index in [1.807, 2.05) is 18.2 Å². The van der Waals surface area contributed by atoms with Gasteiger partial charge in [0.2, 0.25) is 0 Å². The molecule has 0 saturated heterocycles. The maximum atomic E-state index is 13.4. The van der Waals surface area contributed by atoms with E-state index in [2.05, 4.69) is 14.7 Å². The standard InChI is InChI=1S/C21H16F3N3O4S/c1-11(19(29)30-2)32-20-26-16-14-5-3-4-6-15(14)25-17(16)18(28)27(20)12-7-9-13(10-8-12)31-21(22,23)24/h3-11,25H,1-2H3/t11-/m0/s1. The highest BCUT2D eigenvalue weighted by molar-refractivity contribution is 8.00. The van der Waals surface area contributed by atoms with Crippen LogP contribution in [0.25, 0.3) is 27.6 Å². The van der Waals surface area contributed by atoms with Gasteiger partial charge in [-0.1, -0.05) is 30.0 Å². The van der Waals surface area contributed by atoms with Crippen molar-refractivity contribution >= 4 is 39.7 Å². The van der Waals surface area contributed by atoms with E-state index in [0.29, 0.717) is 11.0 Å². The second-order valence-corrected chi connectivity index (χ2v) is 8.06. The Morgan fingerprint density at radius 2 is 1.84 bits per heavy atom. The van der Waals surface area contributed by atoms with Crippen molar-refractivity contribution in [1.82, 2.24) is 14.5 Å². The van der Waals surface area contributed by atoms with Crippen LogP contribution in [-0.4, -0.2) is 39.2 Å². The summed E-state index contributed by atoms with van der Waals surface area (Å²) in [6, 6.07) is 12.1. The van der Waals surface area contributed by atoms with Crippen LogP contribution in [0, 0.1) is 0 Å². The van der Waals surface area contributed by atoms with Gasteiger partial charge in [-0.15, -0.1) is 13.2 Å². The number of halogens is 3. The molecule has 0 bridgehead atoms. The molecule has 0 aliphatic carbocycles. The Hall–Kier alpha value is -3.47. The normalized spacial score (nSPS) is 12.8. The molecule has 1 atom stereocenters. The number of carbonyl (C=O) groups is 1. The van der Waals surface area contributed by atoms with E-state index in [1.54, 1.807) is 13.0 Å². The third-order valence-corrected chi connectivity index (χ3v) is 5.67. The van der Waals surface area contributed by atoms with Gasteiger partial charge in [-0.3, -0.25) is 14.2 Å². The van der Waals surface area contributed by atoms with E-state index in [4.69, 9.17) is 4.74 Å². The van der Waals surface area contributed by atoms with Gasteiger partial charge in [0, 0.05) is 10.9 Å². The lowest BCUT2D eigenvalue weighted by Crippen LogP contribution is -2.24. The quantitative estimate of drug-likeness (QED) is 0.268. The van der Waals surface area contributed by atoms with Gasteiger partial charge < -0.3 is 14.5 Å². The number of esters is 1. The number of benzene rings is 2. The number of fused-ring (bicyclic) bond motifs is 3. The first-order valence-corrected chi connectivity index (χ1v) is 10.2. The summed E-state index contributed by atoms with van der Waals surface area (Å²) in [6.45, 7) is 1.60. The van der Waals surface area contributed by atoms with Crippen LogP contribution in [0.1, 0.15) is 6.92 Å². The summed E-state index contributed by atoms with van der Waals surface area (Å²) in [6.07, 6.45) is -4.83. The van der Waals surface area contributed by atoms with Crippen molar-refractivity contribution in [1.29, 1.82) is 0 Å². The molecular formula is C21H16F3N3O4S. The number of nitrogens with one attached hydrogen (secondary N) is 1. The maximum absolute atomic E-state index is 13.4. The lowest BCUT2D eigenvalue weighted by Gasteiger charge is -2.15. The van der Waals surface area contributed by atoms with Crippen LogP contribution < -0.4 is 10.3 Å². The van der Waals surface area contributed by atoms with Crippen molar-refractivity contribution in [2.75, 3.05) is 7.11 Å². The number of hydrogen-bond acceptors (Lipinski definition) is 6. The second-order valence-electron chi connectivity index (χ2n) is 6.75. The zero-order valence-electron chi connectivity index (χ0n) is 16.8. The van der Waals surface area contributed by atoms with Gasteiger partial charge >= 0.3 is 12.3 Å². The minimum Gasteiger partial charge on any atom is -0.468 e. The molecule has 0 saturated carbocycles. The molecule has 2 aromatic heterocycles. The fourth-order valence-corrected chi connectivity index (χ4v) is 4.16. The Labute approximate surface area is 183 Å². The third-order valence-electron chi connectivity index (χ3n) is 4.64. The molecule has 0 aliphatic rings. The van der Waals surface area contributed by atoms with Crippen LogP contribution in [0.2, 0.25) is 0 Å². The molecule has 0 amide bonds. The Kier molecular flexibility index (Phi) is 5.59. The molecule has 32 heavy (non-hydrogen) atoms. The van der Waals surface area contributed by atoms with Gasteiger partial charge in [-0.05, 0) is 37.3 Å². The summed E-state index contributed by atoms with van der Waals surface area (Å²) < 4.78 is 47.3. The van der Waals surface area contributed by atoms with Gasteiger partial charge in [0.25, 0.3) is 5.56 Å². The number of aromatic amines is 1. The number of alkyl halides is 3. The van der Waals surface area contributed by atoms with E-state index < -0.39 is 28.9 Å².